The van der Waals surface area contributed by atoms with Gasteiger partial charge in [0, 0.05) is 10.9 Å². The van der Waals surface area contributed by atoms with Gasteiger partial charge in [-0.3, -0.25) is 4.79 Å². The summed E-state index contributed by atoms with van der Waals surface area (Å²) in [6.07, 6.45) is 4.95. The number of amides is 1. The van der Waals surface area contributed by atoms with Gasteiger partial charge in [0.1, 0.15) is 0 Å². The maximum atomic E-state index is 12.0. The molecule has 0 radical (unpaired) electrons. The first-order valence-corrected chi connectivity index (χ1v) is 8.12. The van der Waals surface area contributed by atoms with Crippen LogP contribution in [-0.2, 0) is 4.79 Å². The van der Waals surface area contributed by atoms with E-state index in [2.05, 4.69) is 43.4 Å². The third-order valence-corrected chi connectivity index (χ3v) is 4.86. The van der Waals surface area contributed by atoms with Crippen molar-refractivity contribution >= 4 is 17.7 Å². The van der Waals surface area contributed by atoms with Crippen molar-refractivity contribution in [2.45, 2.75) is 50.5 Å². The topological polar surface area (TPSA) is 29.1 Å². The summed E-state index contributed by atoms with van der Waals surface area (Å²) in [6, 6.07) is 8.72. The fourth-order valence-electron chi connectivity index (χ4n) is 2.56. The van der Waals surface area contributed by atoms with Crippen LogP contribution in [-0.4, -0.2) is 17.7 Å². The van der Waals surface area contributed by atoms with Gasteiger partial charge < -0.3 is 5.32 Å². The zero-order valence-corrected chi connectivity index (χ0v) is 12.6. The summed E-state index contributed by atoms with van der Waals surface area (Å²) in [5.74, 6) is 1.32. The average Bonchev–Trinajstić information content (AvgIpc) is 2.41. The molecule has 0 unspecified atom stereocenters. The van der Waals surface area contributed by atoms with Crippen molar-refractivity contribution in [3.63, 3.8) is 0 Å². The molecule has 0 spiro atoms. The molecule has 0 heterocycles. The number of thioether (sulfide) groups is 1. The average molecular weight is 277 g/mol. The number of carbonyl (C=O) groups is 1. The zero-order chi connectivity index (χ0) is 13.7. The van der Waals surface area contributed by atoms with E-state index >= 15 is 0 Å². The monoisotopic (exact) mass is 277 g/mol. The number of rotatable bonds is 4. The number of benzene rings is 1. The van der Waals surface area contributed by atoms with Gasteiger partial charge in [-0.25, -0.2) is 0 Å². The Morgan fingerprint density at radius 1 is 1.26 bits per heavy atom. The van der Waals surface area contributed by atoms with Gasteiger partial charge in [0.2, 0.25) is 5.91 Å². The fourth-order valence-corrected chi connectivity index (χ4v) is 3.27. The van der Waals surface area contributed by atoms with Gasteiger partial charge in [-0.05, 0) is 37.8 Å². The summed E-state index contributed by atoms with van der Waals surface area (Å²) in [4.78, 5) is 13.1. The molecule has 2 nitrogen and oxygen atoms in total. The highest BCUT2D eigenvalue weighted by Gasteiger charge is 2.22. The molecule has 1 aliphatic carbocycles. The van der Waals surface area contributed by atoms with Crippen LogP contribution in [0.25, 0.3) is 0 Å². The number of aryl methyl sites for hydroxylation is 1. The molecule has 2 atom stereocenters. The molecule has 19 heavy (non-hydrogen) atoms. The molecule has 1 aromatic rings. The minimum Gasteiger partial charge on any atom is -0.352 e. The fraction of sp³-hybridized carbons (Fsp3) is 0.562. The molecule has 0 aromatic heterocycles. The van der Waals surface area contributed by atoms with Crippen LogP contribution in [0.5, 0.6) is 0 Å². The lowest BCUT2D eigenvalue weighted by molar-refractivity contribution is -0.119. The van der Waals surface area contributed by atoms with Gasteiger partial charge in [0.05, 0.1) is 5.75 Å². The van der Waals surface area contributed by atoms with Gasteiger partial charge in [-0.1, -0.05) is 37.5 Å². The van der Waals surface area contributed by atoms with Crippen molar-refractivity contribution in [3.8, 4) is 0 Å². The minimum atomic E-state index is 0.171. The highest BCUT2D eigenvalue weighted by Crippen LogP contribution is 2.24. The third-order valence-electron chi connectivity index (χ3n) is 3.85. The Morgan fingerprint density at radius 3 is 2.63 bits per heavy atom. The lowest BCUT2D eigenvalue weighted by Gasteiger charge is -2.29. The second-order valence-electron chi connectivity index (χ2n) is 5.54. The van der Waals surface area contributed by atoms with Crippen LogP contribution in [0.15, 0.2) is 29.2 Å². The number of hydrogen-bond donors (Lipinski definition) is 1. The first-order valence-electron chi connectivity index (χ1n) is 7.14. The minimum absolute atomic E-state index is 0.171. The molecule has 1 aliphatic rings. The molecule has 1 N–H and O–H groups in total. The molecular weight excluding hydrogens is 254 g/mol. The predicted octanol–water partition coefficient (Wildman–Crippen LogP) is 3.78. The Morgan fingerprint density at radius 2 is 1.95 bits per heavy atom. The van der Waals surface area contributed by atoms with Crippen LogP contribution in [0.4, 0.5) is 0 Å². The third kappa shape index (κ3) is 4.57. The van der Waals surface area contributed by atoms with Crippen LogP contribution >= 0.6 is 11.8 Å². The Balaban J connectivity index is 1.76. The zero-order valence-electron chi connectivity index (χ0n) is 11.8. The van der Waals surface area contributed by atoms with Crippen molar-refractivity contribution in [3.05, 3.63) is 29.8 Å². The summed E-state index contributed by atoms with van der Waals surface area (Å²) >= 11 is 1.61. The van der Waals surface area contributed by atoms with E-state index in [1.807, 2.05) is 0 Å². The molecule has 0 bridgehead atoms. The molecule has 1 fully saturated rings. The van der Waals surface area contributed by atoms with E-state index in [9.17, 15) is 4.79 Å². The first-order chi connectivity index (χ1) is 9.15. The Hall–Kier alpha value is -0.960. The van der Waals surface area contributed by atoms with E-state index in [1.54, 1.807) is 11.8 Å². The molecule has 1 saturated carbocycles. The van der Waals surface area contributed by atoms with Crippen molar-refractivity contribution < 1.29 is 4.79 Å². The maximum absolute atomic E-state index is 12.0. The highest BCUT2D eigenvalue weighted by molar-refractivity contribution is 8.00. The maximum Gasteiger partial charge on any atom is 0.230 e. The molecule has 2 rings (SSSR count). The summed E-state index contributed by atoms with van der Waals surface area (Å²) < 4.78 is 0. The molecule has 1 aromatic carbocycles. The number of nitrogens with one attached hydrogen (secondary N) is 1. The quantitative estimate of drug-likeness (QED) is 0.849. The molecular formula is C16H23NOS. The first kappa shape index (κ1) is 14.4. The van der Waals surface area contributed by atoms with E-state index < -0.39 is 0 Å². The molecule has 1 amide bonds. The molecule has 3 heteroatoms. The van der Waals surface area contributed by atoms with Crippen LogP contribution in [0.1, 0.15) is 38.2 Å². The standard InChI is InChI=1S/C16H23NOS/c1-12-7-9-14(10-8-12)19-11-16(18)17-15-6-4-3-5-13(15)2/h7-10,13,15H,3-6,11H2,1-2H3,(H,17,18)/t13-,15+/m0/s1. The Kier molecular flexibility index (Phi) is 5.32. The highest BCUT2D eigenvalue weighted by atomic mass is 32.2. The van der Waals surface area contributed by atoms with Crippen molar-refractivity contribution in [2.24, 2.45) is 5.92 Å². The van der Waals surface area contributed by atoms with Gasteiger partial charge in [0.15, 0.2) is 0 Å². The predicted molar refractivity (Wildman–Crippen MR) is 81.5 cm³/mol. The lowest BCUT2D eigenvalue weighted by atomic mass is 9.86. The molecule has 104 valence electrons. The largest absolute Gasteiger partial charge is 0.352 e. The van der Waals surface area contributed by atoms with E-state index in [-0.39, 0.29) is 5.91 Å². The summed E-state index contributed by atoms with van der Waals surface area (Å²) in [5, 5.41) is 3.19. The van der Waals surface area contributed by atoms with Crippen molar-refractivity contribution in [2.75, 3.05) is 5.75 Å². The van der Waals surface area contributed by atoms with Gasteiger partial charge in [-0.2, -0.15) is 0 Å². The Bertz CT molecular complexity index is 415. The SMILES string of the molecule is Cc1ccc(SCC(=O)N[C@@H]2CCCC[C@@H]2C)cc1. The molecule has 0 saturated heterocycles. The number of carbonyl (C=O) groups excluding carboxylic acids is 1. The van der Waals surface area contributed by atoms with Crippen molar-refractivity contribution in [1.82, 2.24) is 5.32 Å². The van der Waals surface area contributed by atoms with Crippen LogP contribution in [0.3, 0.4) is 0 Å². The summed E-state index contributed by atoms with van der Waals surface area (Å²) in [7, 11) is 0. The van der Waals surface area contributed by atoms with Gasteiger partial charge in [0.25, 0.3) is 0 Å². The van der Waals surface area contributed by atoms with E-state index in [4.69, 9.17) is 0 Å². The van der Waals surface area contributed by atoms with Crippen LogP contribution < -0.4 is 5.32 Å². The Labute approximate surface area is 120 Å². The van der Waals surface area contributed by atoms with E-state index in [0.717, 1.165) is 11.3 Å². The molecule has 0 aliphatic heterocycles. The van der Waals surface area contributed by atoms with Gasteiger partial charge in [-0.15, -0.1) is 11.8 Å². The summed E-state index contributed by atoms with van der Waals surface area (Å²) in [6.45, 7) is 4.32. The lowest BCUT2D eigenvalue weighted by Crippen LogP contribution is -2.41. The summed E-state index contributed by atoms with van der Waals surface area (Å²) in [5.41, 5.74) is 1.25. The van der Waals surface area contributed by atoms with Crippen molar-refractivity contribution in [1.29, 1.82) is 0 Å². The van der Waals surface area contributed by atoms with Crippen LogP contribution in [0, 0.1) is 12.8 Å². The smallest absolute Gasteiger partial charge is 0.230 e. The second-order valence-corrected chi connectivity index (χ2v) is 6.59. The van der Waals surface area contributed by atoms with Crippen LogP contribution in [0.2, 0.25) is 0 Å². The van der Waals surface area contributed by atoms with Gasteiger partial charge >= 0.3 is 0 Å². The normalized spacial score (nSPS) is 23.1. The number of hydrogen-bond acceptors (Lipinski definition) is 2. The second kappa shape index (κ2) is 6.99. The van der Waals surface area contributed by atoms with E-state index in [1.165, 1.54) is 24.8 Å². The van der Waals surface area contributed by atoms with E-state index in [0.29, 0.717) is 17.7 Å².